The highest BCUT2D eigenvalue weighted by Gasteiger charge is 2.28. The lowest BCUT2D eigenvalue weighted by Crippen LogP contribution is -2.20. The van der Waals surface area contributed by atoms with Crippen molar-refractivity contribution in [2.75, 3.05) is 12.4 Å². The summed E-state index contributed by atoms with van der Waals surface area (Å²) >= 11 is 1.63. The lowest BCUT2D eigenvalue weighted by molar-refractivity contribution is 0.101. The second kappa shape index (κ2) is 8.74. The van der Waals surface area contributed by atoms with E-state index in [1.54, 1.807) is 48.8 Å². The maximum absolute atomic E-state index is 13.7. The molecule has 3 heterocycles. The molecule has 1 fully saturated rings. The number of aromatic nitrogens is 1. The number of para-hydroxylation sites is 1. The van der Waals surface area contributed by atoms with Crippen LogP contribution in [0, 0.1) is 0 Å². The first-order valence-corrected chi connectivity index (χ1v) is 12.6. The first kappa shape index (κ1) is 21.7. The monoisotopic (exact) mass is 484 g/mol. The van der Waals surface area contributed by atoms with Crippen LogP contribution in [0.1, 0.15) is 58.3 Å². The highest BCUT2D eigenvalue weighted by molar-refractivity contribution is 7.17. The Morgan fingerprint density at radius 3 is 2.71 bits per heavy atom. The van der Waals surface area contributed by atoms with Gasteiger partial charge >= 0.3 is 0 Å². The standard InChI is InChI=1S/C28H24N2O4S/c1-33-19-10-6-7-17(15-19)26(31)27-25(20-11-4-5-12-23(20)34-27)29-28(32)22-16-24-21(13-14-35-24)30(22)18-8-2-3-9-18/h4-7,10-16,18H,2-3,8-9H2,1H3,(H,29,32). The van der Waals surface area contributed by atoms with E-state index in [2.05, 4.69) is 21.3 Å². The highest BCUT2D eigenvalue weighted by Crippen LogP contribution is 2.38. The van der Waals surface area contributed by atoms with Gasteiger partial charge in [-0.1, -0.05) is 37.1 Å². The largest absolute Gasteiger partial charge is 0.497 e. The van der Waals surface area contributed by atoms with Gasteiger partial charge in [-0.25, -0.2) is 0 Å². The van der Waals surface area contributed by atoms with Gasteiger partial charge in [-0.05, 0) is 54.6 Å². The molecule has 1 N–H and O–H groups in total. The number of anilines is 1. The Morgan fingerprint density at radius 2 is 1.89 bits per heavy atom. The molecule has 0 saturated heterocycles. The fourth-order valence-corrected chi connectivity index (χ4v) is 5.89. The average Bonchev–Trinajstić information content (AvgIpc) is 3.67. The molecule has 1 saturated carbocycles. The third-order valence-electron chi connectivity index (χ3n) is 6.75. The number of thiophene rings is 1. The number of furan rings is 1. The van der Waals surface area contributed by atoms with Crippen LogP contribution in [0.2, 0.25) is 0 Å². The van der Waals surface area contributed by atoms with Gasteiger partial charge in [0.1, 0.15) is 17.0 Å². The number of hydrogen-bond acceptors (Lipinski definition) is 5. The van der Waals surface area contributed by atoms with E-state index < -0.39 is 0 Å². The van der Waals surface area contributed by atoms with Crippen LogP contribution in [0.5, 0.6) is 5.75 Å². The Bertz CT molecular complexity index is 1570. The van der Waals surface area contributed by atoms with Gasteiger partial charge in [-0.15, -0.1) is 11.3 Å². The maximum atomic E-state index is 13.7. The van der Waals surface area contributed by atoms with Crippen LogP contribution in [0.4, 0.5) is 5.69 Å². The van der Waals surface area contributed by atoms with Crippen molar-refractivity contribution in [3.8, 4) is 5.75 Å². The summed E-state index contributed by atoms with van der Waals surface area (Å²) in [5.41, 5.74) is 3.07. The van der Waals surface area contributed by atoms with Crippen molar-refractivity contribution in [1.82, 2.24) is 4.57 Å². The molecule has 0 spiro atoms. The number of hydrogen-bond donors (Lipinski definition) is 1. The molecule has 6 nitrogen and oxygen atoms in total. The number of fused-ring (bicyclic) bond motifs is 2. The molecule has 1 aliphatic carbocycles. The molecule has 5 aromatic rings. The number of nitrogens with one attached hydrogen (secondary N) is 1. The molecule has 6 rings (SSSR count). The van der Waals surface area contributed by atoms with Crippen LogP contribution in [0.15, 0.2) is 70.5 Å². The fraction of sp³-hybridized carbons (Fsp3) is 0.214. The molecule has 35 heavy (non-hydrogen) atoms. The van der Waals surface area contributed by atoms with E-state index in [1.807, 2.05) is 24.3 Å². The summed E-state index contributed by atoms with van der Waals surface area (Å²) in [4.78, 5) is 27.2. The van der Waals surface area contributed by atoms with Gasteiger partial charge in [0, 0.05) is 17.0 Å². The van der Waals surface area contributed by atoms with E-state index in [0.29, 0.717) is 39.7 Å². The number of rotatable bonds is 6. The Kier molecular flexibility index (Phi) is 5.41. The second-order valence-electron chi connectivity index (χ2n) is 8.83. The number of carbonyl (C=O) groups is 2. The maximum Gasteiger partial charge on any atom is 0.272 e. The van der Waals surface area contributed by atoms with E-state index in [4.69, 9.17) is 9.15 Å². The van der Waals surface area contributed by atoms with Crippen LogP contribution in [-0.2, 0) is 0 Å². The molecule has 2 aromatic carbocycles. The number of methoxy groups -OCH3 is 1. The minimum Gasteiger partial charge on any atom is -0.497 e. The molecule has 0 aliphatic heterocycles. The van der Waals surface area contributed by atoms with Gasteiger partial charge in [0.15, 0.2) is 5.76 Å². The van der Waals surface area contributed by atoms with Crippen LogP contribution in [0.3, 0.4) is 0 Å². The lowest BCUT2D eigenvalue weighted by Gasteiger charge is -2.17. The lowest BCUT2D eigenvalue weighted by atomic mass is 10.1. The summed E-state index contributed by atoms with van der Waals surface area (Å²) in [6.45, 7) is 0. The molecule has 7 heteroatoms. The predicted molar refractivity (Wildman–Crippen MR) is 138 cm³/mol. The van der Waals surface area contributed by atoms with Crippen molar-refractivity contribution in [1.29, 1.82) is 0 Å². The first-order chi connectivity index (χ1) is 17.1. The molecule has 0 atom stereocenters. The Labute approximate surface area is 206 Å². The van der Waals surface area contributed by atoms with Gasteiger partial charge in [0.2, 0.25) is 5.78 Å². The number of benzene rings is 2. The molecule has 176 valence electrons. The molecule has 0 unspecified atom stereocenters. The quantitative estimate of drug-likeness (QED) is 0.262. The smallest absolute Gasteiger partial charge is 0.272 e. The fourth-order valence-electron chi connectivity index (χ4n) is 5.08. The van der Waals surface area contributed by atoms with Crippen molar-refractivity contribution in [2.24, 2.45) is 0 Å². The van der Waals surface area contributed by atoms with E-state index in [9.17, 15) is 9.59 Å². The summed E-state index contributed by atoms with van der Waals surface area (Å²) in [5.74, 6) is 0.120. The van der Waals surface area contributed by atoms with Crippen molar-refractivity contribution in [3.05, 3.63) is 83.1 Å². The topological polar surface area (TPSA) is 73.5 Å². The van der Waals surface area contributed by atoms with Gasteiger partial charge < -0.3 is 19.0 Å². The Hall–Kier alpha value is -3.84. The second-order valence-corrected chi connectivity index (χ2v) is 9.77. The van der Waals surface area contributed by atoms with Crippen molar-refractivity contribution in [2.45, 2.75) is 31.7 Å². The minimum absolute atomic E-state index is 0.105. The number of amides is 1. The minimum atomic E-state index is -0.317. The van der Waals surface area contributed by atoms with Crippen molar-refractivity contribution < 1.29 is 18.7 Å². The number of carbonyl (C=O) groups excluding carboxylic acids is 2. The third-order valence-corrected chi connectivity index (χ3v) is 7.61. The van der Waals surface area contributed by atoms with Gasteiger partial charge in [0.05, 0.1) is 23.0 Å². The number of ketones is 1. The van der Waals surface area contributed by atoms with Gasteiger partial charge in [-0.3, -0.25) is 9.59 Å². The number of ether oxygens (including phenoxy) is 1. The van der Waals surface area contributed by atoms with Gasteiger partial charge in [0.25, 0.3) is 5.91 Å². The zero-order valence-electron chi connectivity index (χ0n) is 19.2. The summed E-state index contributed by atoms with van der Waals surface area (Å²) in [6, 6.07) is 18.6. The summed E-state index contributed by atoms with van der Waals surface area (Å²) in [5, 5.41) is 5.79. The number of nitrogens with zero attached hydrogens (tertiary/aromatic N) is 1. The Morgan fingerprint density at radius 1 is 1.06 bits per heavy atom. The summed E-state index contributed by atoms with van der Waals surface area (Å²) < 4.78 is 14.5. The SMILES string of the molecule is COc1cccc(C(=O)c2oc3ccccc3c2NC(=O)c2cc3sccc3n2C2CCCC2)c1. The molecule has 0 radical (unpaired) electrons. The predicted octanol–water partition coefficient (Wildman–Crippen LogP) is 7.06. The highest BCUT2D eigenvalue weighted by atomic mass is 32.1. The normalized spacial score (nSPS) is 14.1. The molecule has 0 bridgehead atoms. The summed E-state index contributed by atoms with van der Waals surface area (Å²) in [7, 11) is 1.56. The van der Waals surface area contributed by atoms with Crippen LogP contribution < -0.4 is 10.1 Å². The van der Waals surface area contributed by atoms with Crippen LogP contribution in [-0.4, -0.2) is 23.4 Å². The summed E-state index contributed by atoms with van der Waals surface area (Å²) in [6.07, 6.45) is 4.46. The van der Waals surface area contributed by atoms with Gasteiger partial charge in [-0.2, -0.15) is 0 Å². The molecule has 1 amide bonds. The molecule has 1 aliphatic rings. The molecular weight excluding hydrogens is 460 g/mol. The zero-order chi connectivity index (χ0) is 23.9. The van der Waals surface area contributed by atoms with E-state index in [-0.39, 0.29) is 17.5 Å². The Balaban J connectivity index is 1.43. The van der Waals surface area contributed by atoms with E-state index >= 15 is 0 Å². The van der Waals surface area contributed by atoms with E-state index in [0.717, 1.165) is 23.1 Å². The molecular formula is C28H24N2O4S. The van der Waals surface area contributed by atoms with Crippen LogP contribution in [0.25, 0.3) is 21.2 Å². The zero-order valence-corrected chi connectivity index (χ0v) is 20.1. The third kappa shape index (κ3) is 3.72. The average molecular weight is 485 g/mol. The molecule has 3 aromatic heterocycles. The van der Waals surface area contributed by atoms with Crippen LogP contribution >= 0.6 is 11.3 Å². The van der Waals surface area contributed by atoms with Crippen molar-refractivity contribution >= 4 is 49.9 Å². The van der Waals surface area contributed by atoms with Crippen molar-refractivity contribution in [3.63, 3.8) is 0 Å². The van der Waals surface area contributed by atoms with E-state index in [1.165, 1.54) is 12.8 Å². The first-order valence-electron chi connectivity index (χ1n) is 11.7.